The summed E-state index contributed by atoms with van der Waals surface area (Å²) in [5.74, 6) is 0. The number of amides is 1. The van der Waals surface area contributed by atoms with Gasteiger partial charge >= 0.3 is 6.09 Å². The van der Waals surface area contributed by atoms with Gasteiger partial charge in [-0.15, -0.1) is 0 Å². The van der Waals surface area contributed by atoms with Crippen LogP contribution in [0.5, 0.6) is 0 Å². The van der Waals surface area contributed by atoms with E-state index >= 15 is 0 Å². The van der Waals surface area contributed by atoms with Crippen LogP contribution in [0.1, 0.15) is 45.2 Å². The van der Waals surface area contributed by atoms with Gasteiger partial charge in [0, 0.05) is 18.0 Å². The van der Waals surface area contributed by atoms with Crippen molar-refractivity contribution in [3.63, 3.8) is 0 Å². The van der Waals surface area contributed by atoms with Crippen LogP contribution in [-0.4, -0.2) is 29.2 Å². The number of ether oxygens (including phenoxy) is 1. The summed E-state index contributed by atoms with van der Waals surface area (Å²) < 4.78 is 5.64. The summed E-state index contributed by atoms with van der Waals surface area (Å²) in [5.41, 5.74) is 1.82. The van der Waals surface area contributed by atoms with Crippen molar-refractivity contribution in [3.05, 3.63) is 71.8 Å². The van der Waals surface area contributed by atoms with E-state index in [1.165, 1.54) is 11.1 Å². The molecule has 0 aromatic heterocycles. The van der Waals surface area contributed by atoms with Gasteiger partial charge in [-0.1, -0.05) is 60.7 Å². The Hall–Kier alpha value is -2.29. The predicted octanol–water partition coefficient (Wildman–Crippen LogP) is 5.00. The Kier molecular flexibility index (Phi) is 4.59. The molecule has 1 aliphatic heterocycles. The summed E-state index contributed by atoms with van der Waals surface area (Å²) in [6.45, 7) is 8.47. The average Bonchev–Trinajstić information content (AvgIpc) is 2.94. The van der Waals surface area contributed by atoms with Gasteiger partial charge in [0.25, 0.3) is 0 Å². The lowest BCUT2D eigenvalue weighted by Crippen LogP contribution is -2.40. The normalized spacial score (nSPS) is 19.7. The Morgan fingerprint density at radius 1 is 1.00 bits per heavy atom. The monoisotopic (exact) mass is 337 g/mol. The highest BCUT2D eigenvalue weighted by Crippen LogP contribution is 2.43. The first-order chi connectivity index (χ1) is 11.8. The maximum Gasteiger partial charge on any atom is 0.410 e. The zero-order chi connectivity index (χ0) is 18.1. The molecular formula is C22H27NO2. The van der Waals surface area contributed by atoms with E-state index in [2.05, 4.69) is 55.5 Å². The van der Waals surface area contributed by atoms with Crippen molar-refractivity contribution in [2.24, 2.45) is 0 Å². The molecule has 2 aromatic carbocycles. The van der Waals surface area contributed by atoms with Crippen molar-refractivity contribution >= 4 is 6.09 Å². The molecule has 1 amide bonds. The molecule has 0 radical (unpaired) electrons. The van der Waals surface area contributed by atoms with Gasteiger partial charge in [0.15, 0.2) is 0 Å². The van der Waals surface area contributed by atoms with E-state index in [9.17, 15) is 4.79 Å². The van der Waals surface area contributed by atoms with Crippen molar-refractivity contribution in [2.75, 3.05) is 6.54 Å². The van der Waals surface area contributed by atoms with Crippen LogP contribution in [0, 0.1) is 0 Å². The Morgan fingerprint density at radius 3 is 1.92 bits per heavy atom. The molecule has 0 aliphatic carbocycles. The van der Waals surface area contributed by atoms with E-state index in [4.69, 9.17) is 4.74 Å². The second-order valence-corrected chi connectivity index (χ2v) is 7.98. The fourth-order valence-electron chi connectivity index (χ4n) is 3.79. The lowest BCUT2D eigenvalue weighted by Gasteiger charge is -2.31. The van der Waals surface area contributed by atoms with Crippen molar-refractivity contribution < 1.29 is 9.53 Å². The van der Waals surface area contributed by atoms with E-state index < -0.39 is 5.60 Å². The molecule has 0 spiro atoms. The van der Waals surface area contributed by atoms with Crippen LogP contribution in [0.15, 0.2) is 60.7 Å². The smallest absolute Gasteiger partial charge is 0.410 e. The third-order valence-electron chi connectivity index (χ3n) is 4.90. The first-order valence-electron chi connectivity index (χ1n) is 8.92. The van der Waals surface area contributed by atoms with Gasteiger partial charge in [-0.25, -0.2) is 4.79 Å². The Balaban J connectivity index is 1.99. The van der Waals surface area contributed by atoms with Crippen LogP contribution in [0.25, 0.3) is 0 Å². The average molecular weight is 337 g/mol. The molecule has 0 N–H and O–H groups in total. The standard InChI is InChI=1S/C22H27NO2/c1-17-15-22(18-11-7-5-8-12-18,19-13-9-6-10-14-19)16-23(17)20(24)25-21(2,3)4/h5-14,17H,15-16H2,1-4H3. The van der Waals surface area contributed by atoms with Crippen LogP contribution < -0.4 is 0 Å². The minimum Gasteiger partial charge on any atom is -0.444 e. The second kappa shape index (κ2) is 6.55. The Bertz CT molecular complexity index is 679. The Morgan fingerprint density at radius 2 is 1.48 bits per heavy atom. The summed E-state index contributed by atoms with van der Waals surface area (Å²) in [6.07, 6.45) is 0.661. The topological polar surface area (TPSA) is 29.5 Å². The molecule has 3 heteroatoms. The summed E-state index contributed by atoms with van der Waals surface area (Å²) in [7, 11) is 0. The van der Waals surface area contributed by atoms with Crippen molar-refractivity contribution in [1.29, 1.82) is 0 Å². The lowest BCUT2D eigenvalue weighted by atomic mass is 9.73. The van der Waals surface area contributed by atoms with Crippen LogP contribution in [0.4, 0.5) is 4.79 Å². The minimum absolute atomic E-state index is 0.121. The highest BCUT2D eigenvalue weighted by molar-refractivity contribution is 5.70. The number of likely N-dealkylation sites (tertiary alicyclic amines) is 1. The molecule has 1 heterocycles. The molecule has 2 aromatic rings. The van der Waals surface area contributed by atoms with Crippen LogP contribution in [0.3, 0.4) is 0 Å². The van der Waals surface area contributed by atoms with Gasteiger partial charge < -0.3 is 9.64 Å². The van der Waals surface area contributed by atoms with Crippen molar-refractivity contribution in [3.8, 4) is 0 Å². The molecule has 3 nitrogen and oxygen atoms in total. The third-order valence-corrected chi connectivity index (χ3v) is 4.90. The number of carbonyl (C=O) groups is 1. The molecule has 1 aliphatic rings. The number of rotatable bonds is 2. The first-order valence-corrected chi connectivity index (χ1v) is 8.92. The maximum atomic E-state index is 12.7. The largest absolute Gasteiger partial charge is 0.444 e. The summed E-state index contributed by atoms with van der Waals surface area (Å²) in [6, 6.07) is 21.1. The zero-order valence-corrected chi connectivity index (χ0v) is 15.5. The number of hydrogen-bond donors (Lipinski definition) is 0. The molecule has 0 saturated carbocycles. The molecule has 0 bridgehead atoms. The maximum absolute atomic E-state index is 12.7. The molecule has 1 unspecified atom stereocenters. The molecule has 3 rings (SSSR count). The fraction of sp³-hybridized carbons (Fsp3) is 0.409. The number of carbonyl (C=O) groups excluding carboxylic acids is 1. The van der Waals surface area contributed by atoms with Crippen LogP contribution in [-0.2, 0) is 10.2 Å². The zero-order valence-electron chi connectivity index (χ0n) is 15.5. The van der Waals surface area contributed by atoms with Crippen LogP contribution >= 0.6 is 0 Å². The molecular weight excluding hydrogens is 310 g/mol. The molecule has 132 valence electrons. The van der Waals surface area contributed by atoms with E-state index in [1.54, 1.807) is 0 Å². The first kappa shape index (κ1) is 17.5. The molecule has 1 saturated heterocycles. The van der Waals surface area contributed by atoms with E-state index in [1.807, 2.05) is 37.8 Å². The highest BCUT2D eigenvalue weighted by atomic mass is 16.6. The van der Waals surface area contributed by atoms with Crippen molar-refractivity contribution in [2.45, 2.75) is 51.2 Å². The molecule has 25 heavy (non-hydrogen) atoms. The van der Waals surface area contributed by atoms with Gasteiger partial charge in [-0.05, 0) is 45.2 Å². The number of hydrogen-bond acceptors (Lipinski definition) is 2. The summed E-state index contributed by atoms with van der Waals surface area (Å²) in [4.78, 5) is 14.6. The number of nitrogens with zero attached hydrogens (tertiary/aromatic N) is 1. The second-order valence-electron chi connectivity index (χ2n) is 7.98. The van der Waals surface area contributed by atoms with E-state index in [-0.39, 0.29) is 17.6 Å². The number of benzene rings is 2. The fourth-order valence-corrected chi connectivity index (χ4v) is 3.79. The Labute approximate surface area is 150 Å². The minimum atomic E-state index is -0.485. The summed E-state index contributed by atoms with van der Waals surface area (Å²) >= 11 is 0. The van der Waals surface area contributed by atoms with Gasteiger partial charge in [-0.3, -0.25) is 0 Å². The molecule has 1 atom stereocenters. The van der Waals surface area contributed by atoms with Gasteiger partial charge in [0.2, 0.25) is 0 Å². The van der Waals surface area contributed by atoms with Gasteiger partial charge in [0.05, 0.1) is 0 Å². The van der Waals surface area contributed by atoms with E-state index in [0.29, 0.717) is 6.54 Å². The predicted molar refractivity (Wildman–Crippen MR) is 101 cm³/mol. The van der Waals surface area contributed by atoms with Crippen LogP contribution in [0.2, 0.25) is 0 Å². The van der Waals surface area contributed by atoms with Gasteiger partial charge in [-0.2, -0.15) is 0 Å². The quantitative estimate of drug-likeness (QED) is 0.771. The third kappa shape index (κ3) is 3.55. The highest BCUT2D eigenvalue weighted by Gasteiger charge is 2.47. The lowest BCUT2D eigenvalue weighted by molar-refractivity contribution is 0.0233. The SMILES string of the molecule is CC1CC(c2ccccc2)(c2ccccc2)CN1C(=O)OC(C)(C)C. The van der Waals surface area contributed by atoms with Crippen molar-refractivity contribution in [1.82, 2.24) is 4.90 Å². The van der Waals surface area contributed by atoms with Gasteiger partial charge in [0.1, 0.15) is 5.60 Å². The summed E-state index contributed by atoms with van der Waals surface area (Å²) in [5, 5.41) is 0. The molecule has 1 fully saturated rings. The van der Waals surface area contributed by atoms with E-state index in [0.717, 1.165) is 6.42 Å².